The van der Waals surface area contributed by atoms with Crippen LogP contribution in [0.15, 0.2) is 85.7 Å². The molecule has 0 saturated carbocycles. The molecule has 202 valence electrons. The molecule has 0 aliphatic heterocycles. The molecule has 0 fully saturated rings. The highest BCUT2D eigenvalue weighted by molar-refractivity contribution is 6.05. The number of carbonyl (C=O) groups is 1. The number of nitrogens with one attached hydrogen (secondary N) is 2. The van der Waals surface area contributed by atoms with Crippen molar-refractivity contribution in [2.45, 2.75) is 20.0 Å². The van der Waals surface area contributed by atoms with Gasteiger partial charge in [-0.05, 0) is 55.0 Å². The average molecular weight is 545 g/mol. The first kappa shape index (κ1) is 26.5. The summed E-state index contributed by atoms with van der Waals surface area (Å²) in [4.78, 5) is 26.1. The molecule has 3 heterocycles. The van der Waals surface area contributed by atoms with Crippen molar-refractivity contribution in [2.75, 3.05) is 10.6 Å². The van der Waals surface area contributed by atoms with E-state index in [1.807, 2.05) is 26.0 Å². The van der Waals surface area contributed by atoms with Crippen molar-refractivity contribution < 1.29 is 22.5 Å². The van der Waals surface area contributed by atoms with E-state index in [9.17, 15) is 18.0 Å². The standard InChI is InChI=1S/C29H24F3N7O/c1-18-6-7-20(11-26(18)37-28-34-10-8-25(36-28)21-5-4-9-33-15-21)27(40)35-23-12-22(29(30,31)32)13-24(14-23)39-16-19(2)38(3)17-39/h4-17H,1-3H3,(H-,34,35,36,37,40)/p+1. The summed E-state index contributed by atoms with van der Waals surface area (Å²) >= 11 is 0. The Morgan fingerprint density at radius 2 is 1.85 bits per heavy atom. The van der Waals surface area contributed by atoms with E-state index in [2.05, 4.69) is 25.6 Å². The number of imidazole rings is 1. The second-order valence-corrected chi connectivity index (χ2v) is 9.29. The van der Waals surface area contributed by atoms with Gasteiger partial charge in [-0.2, -0.15) is 13.2 Å². The third kappa shape index (κ3) is 5.83. The summed E-state index contributed by atoms with van der Waals surface area (Å²) in [5.74, 6) is -0.243. The molecular formula is C29H25F3N7O+. The summed E-state index contributed by atoms with van der Waals surface area (Å²) in [6.07, 6.45) is 3.76. The van der Waals surface area contributed by atoms with Crippen LogP contribution < -0.4 is 15.2 Å². The van der Waals surface area contributed by atoms with Crippen LogP contribution in [0.25, 0.3) is 16.9 Å². The highest BCUT2D eigenvalue weighted by Crippen LogP contribution is 2.32. The minimum atomic E-state index is -4.59. The fraction of sp³-hybridized carbons (Fsp3) is 0.138. The number of anilines is 3. The van der Waals surface area contributed by atoms with E-state index in [0.717, 1.165) is 29.0 Å². The number of nitrogens with zero attached hydrogens (tertiary/aromatic N) is 5. The Balaban J connectivity index is 1.41. The first-order chi connectivity index (χ1) is 19.1. The zero-order valence-corrected chi connectivity index (χ0v) is 21.9. The van der Waals surface area contributed by atoms with Crippen molar-refractivity contribution in [1.29, 1.82) is 0 Å². The van der Waals surface area contributed by atoms with Crippen LogP contribution in [0.1, 0.15) is 27.2 Å². The second kappa shape index (κ2) is 10.6. The van der Waals surface area contributed by atoms with Gasteiger partial charge in [0, 0.05) is 54.1 Å². The molecule has 0 radical (unpaired) electrons. The van der Waals surface area contributed by atoms with Gasteiger partial charge >= 0.3 is 6.18 Å². The summed E-state index contributed by atoms with van der Waals surface area (Å²) in [6, 6.07) is 13.9. The van der Waals surface area contributed by atoms with E-state index in [1.165, 1.54) is 6.07 Å². The Kier molecular flexibility index (Phi) is 7.03. The predicted octanol–water partition coefficient (Wildman–Crippen LogP) is 5.79. The Bertz CT molecular complexity index is 1680. The lowest BCUT2D eigenvalue weighted by atomic mass is 10.1. The number of amides is 1. The summed E-state index contributed by atoms with van der Waals surface area (Å²) in [5, 5.41) is 5.75. The van der Waals surface area contributed by atoms with E-state index in [4.69, 9.17) is 0 Å². The van der Waals surface area contributed by atoms with Crippen molar-refractivity contribution in [2.24, 2.45) is 7.05 Å². The Labute approximate surface area is 228 Å². The van der Waals surface area contributed by atoms with Gasteiger partial charge in [0.1, 0.15) is 17.6 Å². The molecule has 5 rings (SSSR count). The van der Waals surface area contributed by atoms with Crippen molar-refractivity contribution in [3.8, 4) is 16.9 Å². The molecule has 0 unspecified atom stereocenters. The van der Waals surface area contributed by atoms with Gasteiger partial charge < -0.3 is 10.6 Å². The summed E-state index contributed by atoms with van der Waals surface area (Å²) in [6.45, 7) is 3.70. The number of aryl methyl sites for hydroxylation is 3. The SMILES string of the molecule is Cc1ccc(C(=O)Nc2cc(-[n+]3cc(C)n(C)c3)cc(C(F)(F)F)c2)cc1Nc1nccc(-c2cccnc2)n1. The normalized spacial score (nSPS) is 11.3. The number of alkyl halides is 3. The van der Waals surface area contributed by atoms with Gasteiger partial charge in [-0.1, -0.05) is 6.07 Å². The van der Waals surface area contributed by atoms with Crippen molar-refractivity contribution in [1.82, 2.24) is 19.5 Å². The van der Waals surface area contributed by atoms with Crippen LogP contribution in [-0.2, 0) is 13.2 Å². The lowest BCUT2D eigenvalue weighted by molar-refractivity contribution is -0.595. The van der Waals surface area contributed by atoms with Crippen molar-refractivity contribution in [3.05, 3.63) is 108 Å². The predicted molar refractivity (Wildman–Crippen MR) is 144 cm³/mol. The molecule has 11 heteroatoms. The average Bonchev–Trinajstić information content (AvgIpc) is 3.28. The monoisotopic (exact) mass is 544 g/mol. The summed E-state index contributed by atoms with van der Waals surface area (Å²) < 4.78 is 44.5. The van der Waals surface area contributed by atoms with Crippen LogP contribution >= 0.6 is 0 Å². The number of carbonyl (C=O) groups excluding carboxylic acids is 1. The molecule has 2 N–H and O–H groups in total. The first-order valence-electron chi connectivity index (χ1n) is 12.3. The van der Waals surface area contributed by atoms with Gasteiger partial charge in [-0.3, -0.25) is 9.78 Å². The van der Waals surface area contributed by atoms with E-state index in [-0.39, 0.29) is 16.9 Å². The zero-order chi connectivity index (χ0) is 28.4. The quantitative estimate of drug-likeness (QED) is 0.265. The lowest BCUT2D eigenvalue weighted by Crippen LogP contribution is -2.28. The van der Waals surface area contributed by atoms with Gasteiger partial charge in [0.2, 0.25) is 12.3 Å². The second-order valence-electron chi connectivity index (χ2n) is 9.29. The zero-order valence-electron chi connectivity index (χ0n) is 21.9. The van der Waals surface area contributed by atoms with Gasteiger partial charge in [-0.25, -0.2) is 19.1 Å². The van der Waals surface area contributed by atoms with Crippen LogP contribution in [0.4, 0.5) is 30.5 Å². The summed E-state index contributed by atoms with van der Waals surface area (Å²) in [7, 11) is 1.80. The first-order valence-corrected chi connectivity index (χ1v) is 12.3. The number of hydrogen-bond acceptors (Lipinski definition) is 5. The Hall–Kier alpha value is -5.06. The number of hydrogen-bond donors (Lipinski definition) is 2. The number of halogens is 3. The van der Waals surface area contributed by atoms with Gasteiger partial charge in [0.05, 0.1) is 18.3 Å². The molecule has 0 bridgehead atoms. The van der Waals surface area contributed by atoms with E-state index >= 15 is 0 Å². The van der Waals surface area contributed by atoms with Crippen LogP contribution in [0.2, 0.25) is 0 Å². The molecule has 0 spiro atoms. The molecule has 3 aromatic heterocycles. The van der Waals surface area contributed by atoms with Crippen LogP contribution in [0.3, 0.4) is 0 Å². The molecule has 5 aromatic rings. The number of aromatic nitrogens is 5. The smallest absolute Gasteiger partial charge is 0.324 e. The Morgan fingerprint density at radius 3 is 2.55 bits per heavy atom. The van der Waals surface area contributed by atoms with E-state index < -0.39 is 17.6 Å². The maximum atomic E-state index is 13.7. The molecule has 0 aliphatic rings. The Morgan fingerprint density at radius 1 is 1.02 bits per heavy atom. The molecule has 1 amide bonds. The van der Waals surface area contributed by atoms with Crippen LogP contribution in [-0.4, -0.2) is 25.4 Å². The number of pyridine rings is 1. The molecule has 0 aliphatic carbocycles. The maximum absolute atomic E-state index is 13.7. The molecule has 0 atom stereocenters. The molecule has 40 heavy (non-hydrogen) atoms. The fourth-order valence-electron chi connectivity index (χ4n) is 4.06. The van der Waals surface area contributed by atoms with E-state index in [0.29, 0.717) is 17.3 Å². The van der Waals surface area contributed by atoms with E-state index in [1.54, 1.807) is 71.6 Å². The lowest BCUT2D eigenvalue weighted by Gasteiger charge is -2.13. The number of rotatable bonds is 6. The van der Waals surface area contributed by atoms with Crippen LogP contribution in [0, 0.1) is 13.8 Å². The summed E-state index contributed by atoms with van der Waals surface area (Å²) in [5.41, 5.74) is 3.42. The molecule has 8 nitrogen and oxygen atoms in total. The highest BCUT2D eigenvalue weighted by atomic mass is 19.4. The van der Waals surface area contributed by atoms with Crippen molar-refractivity contribution >= 4 is 23.2 Å². The molecular weight excluding hydrogens is 519 g/mol. The van der Waals surface area contributed by atoms with Gasteiger partial charge in [0.15, 0.2) is 0 Å². The number of benzene rings is 2. The van der Waals surface area contributed by atoms with Crippen LogP contribution in [0.5, 0.6) is 0 Å². The minimum absolute atomic E-state index is 0.0198. The van der Waals surface area contributed by atoms with Gasteiger partial charge in [0.25, 0.3) is 5.91 Å². The third-order valence-electron chi connectivity index (χ3n) is 6.34. The molecule has 2 aromatic carbocycles. The topological polar surface area (TPSA) is 88.6 Å². The minimum Gasteiger partial charge on any atom is -0.324 e. The third-order valence-corrected chi connectivity index (χ3v) is 6.34. The van der Waals surface area contributed by atoms with Crippen molar-refractivity contribution in [3.63, 3.8) is 0 Å². The fourth-order valence-corrected chi connectivity index (χ4v) is 4.06. The maximum Gasteiger partial charge on any atom is 0.416 e. The molecule has 0 saturated heterocycles. The van der Waals surface area contributed by atoms with Gasteiger partial charge in [-0.15, -0.1) is 0 Å². The largest absolute Gasteiger partial charge is 0.416 e. The highest BCUT2D eigenvalue weighted by Gasteiger charge is 2.32.